The normalized spacial score (nSPS) is 12.3. The van der Waals surface area contributed by atoms with Gasteiger partial charge in [-0.2, -0.15) is 13.2 Å². The van der Waals surface area contributed by atoms with Gasteiger partial charge in [0.2, 0.25) is 5.91 Å². The molecule has 0 atom stereocenters. The highest BCUT2D eigenvalue weighted by molar-refractivity contribution is 14.0. The van der Waals surface area contributed by atoms with Crippen molar-refractivity contribution < 1.29 is 18.0 Å². The molecule has 1 amide bonds. The van der Waals surface area contributed by atoms with Crippen LogP contribution in [0.1, 0.15) is 31.5 Å². The van der Waals surface area contributed by atoms with Crippen LogP contribution in [0.3, 0.4) is 0 Å². The Balaban J connectivity index is 0.00000625. The number of halogens is 4. The molecule has 0 aliphatic heterocycles. The molecule has 0 bridgehead atoms. The van der Waals surface area contributed by atoms with Gasteiger partial charge in [0.25, 0.3) is 0 Å². The van der Waals surface area contributed by atoms with Crippen molar-refractivity contribution in [3.05, 3.63) is 16.1 Å². The van der Waals surface area contributed by atoms with Gasteiger partial charge in [-0.05, 0) is 20.8 Å². The van der Waals surface area contributed by atoms with Gasteiger partial charge in [0.15, 0.2) is 11.7 Å². The standard InChI is InChI=1S/C15H24F3N5OS.HI/c1-5-20-12(24)14(2,3)9-22-13(19-4)21-7-6-11-23-10(8-25-11)15(16,17)18;/h8H,5-7,9H2,1-4H3,(H,20,24)(H2,19,21,22);1H. The Morgan fingerprint density at radius 1 is 1.27 bits per heavy atom. The minimum atomic E-state index is -4.41. The van der Waals surface area contributed by atoms with Gasteiger partial charge in [-0.25, -0.2) is 4.98 Å². The molecule has 26 heavy (non-hydrogen) atoms. The number of guanidine groups is 1. The lowest BCUT2D eigenvalue weighted by atomic mass is 9.92. The number of amides is 1. The maximum absolute atomic E-state index is 12.5. The van der Waals surface area contributed by atoms with Crippen LogP contribution < -0.4 is 16.0 Å². The first kappa shape index (κ1) is 24.9. The third-order valence-electron chi connectivity index (χ3n) is 3.35. The van der Waals surface area contributed by atoms with Crippen molar-refractivity contribution in [1.29, 1.82) is 0 Å². The average Bonchev–Trinajstić information content (AvgIpc) is 3.00. The summed E-state index contributed by atoms with van der Waals surface area (Å²) in [5.41, 5.74) is -1.48. The van der Waals surface area contributed by atoms with Crippen LogP contribution in [0.25, 0.3) is 0 Å². The Kier molecular flexibility index (Phi) is 10.4. The average molecular weight is 507 g/mol. The molecule has 11 heteroatoms. The van der Waals surface area contributed by atoms with E-state index in [1.54, 1.807) is 7.05 Å². The number of thiazole rings is 1. The van der Waals surface area contributed by atoms with Crippen LogP contribution in [-0.2, 0) is 17.4 Å². The fourth-order valence-electron chi connectivity index (χ4n) is 1.85. The van der Waals surface area contributed by atoms with Gasteiger partial charge in [0.1, 0.15) is 0 Å². The largest absolute Gasteiger partial charge is 0.434 e. The van der Waals surface area contributed by atoms with E-state index in [0.29, 0.717) is 37.0 Å². The summed E-state index contributed by atoms with van der Waals surface area (Å²) < 4.78 is 37.5. The number of hydrogen-bond acceptors (Lipinski definition) is 4. The molecular weight excluding hydrogens is 482 g/mol. The predicted octanol–water partition coefficient (Wildman–Crippen LogP) is 2.65. The third-order valence-corrected chi connectivity index (χ3v) is 4.26. The van der Waals surface area contributed by atoms with Gasteiger partial charge in [-0.3, -0.25) is 9.79 Å². The van der Waals surface area contributed by atoms with Crippen LogP contribution in [-0.4, -0.2) is 43.5 Å². The lowest BCUT2D eigenvalue weighted by molar-refractivity contribution is -0.140. The minimum Gasteiger partial charge on any atom is -0.356 e. The molecule has 0 aliphatic rings. The Labute approximate surface area is 172 Å². The van der Waals surface area contributed by atoms with Crippen molar-refractivity contribution in [3.8, 4) is 0 Å². The SMILES string of the molecule is CCNC(=O)C(C)(C)CNC(=NC)NCCc1nc(C(F)(F)F)cs1.I. The zero-order valence-corrected chi connectivity index (χ0v) is 18.3. The molecule has 0 saturated heterocycles. The number of nitrogens with zero attached hydrogens (tertiary/aromatic N) is 2. The summed E-state index contributed by atoms with van der Waals surface area (Å²) in [6, 6.07) is 0. The zero-order valence-electron chi connectivity index (χ0n) is 15.2. The van der Waals surface area contributed by atoms with E-state index in [4.69, 9.17) is 0 Å². The molecule has 1 aromatic heterocycles. The minimum absolute atomic E-state index is 0. The molecule has 0 aliphatic carbocycles. The molecule has 0 unspecified atom stereocenters. The van der Waals surface area contributed by atoms with Gasteiger partial charge in [0.05, 0.1) is 10.4 Å². The number of nitrogens with one attached hydrogen (secondary N) is 3. The molecular formula is C15H25F3IN5OS. The van der Waals surface area contributed by atoms with Crippen LogP contribution in [0.2, 0.25) is 0 Å². The number of carbonyl (C=O) groups is 1. The highest BCUT2D eigenvalue weighted by Crippen LogP contribution is 2.29. The topological polar surface area (TPSA) is 78.4 Å². The first-order chi connectivity index (χ1) is 11.6. The van der Waals surface area contributed by atoms with Crippen molar-refractivity contribution in [2.75, 3.05) is 26.7 Å². The quantitative estimate of drug-likeness (QED) is 0.302. The van der Waals surface area contributed by atoms with Crippen LogP contribution in [0.4, 0.5) is 13.2 Å². The first-order valence-corrected chi connectivity index (χ1v) is 8.72. The summed E-state index contributed by atoms with van der Waals surface area (Å²) in [6.45, 7) is 6.78. The molecule has 0 spiro atoms. The van der Waals surface area contributed by atoms with Gasteiger partial charge in [0, 0.05) is 38.5 Å². The lowest BCUT2D eigenvalue weighted by Crippen LogP contribution is -2.48. The maximum Gasteiger partial charge on any atom is 0.434 e. The molecule has 0 saturated carbocycles. The summed E-state index contributed by atoms with van der Waals surface area (Å²) in [6.07, 6.45) is -4.06. The Hall–Kier alpha value is -1.11. The van der Waals surface area contributed by atoms with Gasteiger partial charge < -0.3 is 16.0 Å². The van der Waals surface area contributed by atoms with Gasteiger partial charge in [-0.1, -0.05) is 0 Å². The summed E-state index contributed by atoms with van der Waals surface area (Å²) in [5, 5.41) is 10.2. The molecule has 1 rings (SSSR count). The molecule has 3 N–H and O–H groups in total. The van der Waals surface area contributed by atoms with E-state index in [2.05, 4.69) is 25.9 Å². The molecule has 1 aromatic rings. The molecule has 6 nitrogen and oxygen atoms in total. The summed E-state index contributed by atoms with van der Waals surface area (Å²) >= 11 is 0.978. The fourth-order valence-corrected chi connectivity index (χ4v) is 2.65. The van der Waals surface area contributed by atoms with Gasteiger partial charge in [-0.15, -0.1) is 35.3 Å². The second kappa shape index (κ2) is 10.9. The summed E-state index contributed by atoms with van der Waals surface area (Å²) in [5.74, 6) is 0.408. The second-order valence-electron chi connectivity index (χ2n) is 5.97. The monoisotopic (exact) mass is 507 g/mol. The molecule has 150 valence electrons. The van der Waals surface area contributed by atoms with Crippen LogP contribution in [0, 0.1) is 5.41 Å². The Morgan fingerprint density at radius 3 is 2.42 bits per heavy atom. The zero-order chi connectivity index (χ0) is 19.1. The van der Waals surface area contributed by atoms with Crippen molar-refractivity contribution in [1.82, 2.24) is 20.9 Å². The molecule has 0 fully saturated rings. The van der Waals surface area contributed by atoms with Crippen molar-refractivity contribution >= 4 is 47.2 Å². The highest BCUT2D eigenvalue weighted by Gasteiger charge is 2.33. The molecule has 0 radical (unpaired) electrons. The predicted molar refractivity (Wildman–Crippen MR) is 108 cm³/mol. The van der Waals surface area contributed by atoms with E-state index in [1.165, 1.54) is 0 Å². The first-order valence-electron chi connectivity index (χ1n) is 7.84. The van der Waals surface area contributed by atoms with Crippen LogP contribution >= 0.6 is 35.3 Å². The molecule has 1 heterocycles. The van der Waals surface area contributed by atoms with E-state index in [1.807, 2.05) is 20.8 Å². The van der Waals surface area contributed by atoms with E-state index >= 15 is 0 Å². The second-order valence-corrected chi connectivity index (χ2v) is 6.91. The maximum atomic E-state index is 12.5. The number of hydrogen-bond donors (Lipinski definition) is 3. The number of aliphatic imine (C=N–C) groups is 1. The van der Waals surface area contributed by atoms with E-state index in [9.17, 15) is 18.0 Å². The van der Waals surface area contributed by atoms with E-state index in [-0.39, 0.29) is 29.9 Å². The molecule has 0 aromatic carbocycles. The number of aromatic nitrogens is 1. The number of carbonyl (C=O) groups excluding carboxylic acids is 1. The summed E-state index contributed by atoms with van der Waals surface area (Å²) in [4.78, 5) is 19.5. The third kappa shape index (κ3) is 8.06. The lowest BCUT2D eigenvalue weighted by Gasteiger charge is -2.24. The Morgan fingerprint density at radius 2 is 1.92 bits per heavy atom. The fraction of sp³-hybridized carbons (Fsp3) is 0.667. The van der Waals surface area contributed by atoms with Crippen molar-refractivity contribution in [3.63, 3.8) is 0 Å². The Bertz CT molecular complexity index is 604. The van der Waals surface area contributed by atoms with Crippen LogP contribution in [0.5, 0.6) is 0 Å². The van der Waals surface area contributed by atoms with Crippen molar-refractivity contribution in [2.24, 2.45) is 10.4 Å². The van der Waals surface area contributed by atoms with Crippen LogP contribution in [0.15, 0.2) is 10.4 Å². The smallest absolute Gasteiger partial charge is 0.356 e. The number of rotatable bonds is 7. The highest BCUT2D eigenvalue weighted by atomic mass is 127. The summed E-state index contributed by atoms with van der Waals surface area (Å²) in [7, 11) is 1.58. The van der Waals surface area contributed by atoms with Crippen molar-refractivity contribution in [2.45, 2.75) is 33.4 Å². The van der Waals surface area contributed by atoms with Gasteiger partial charge >= 0.3 is 6.18 Å². The van der Waals surface area contributed by atoms with E-state index in [0.717, 1.165) is 16.7 Å². The number of alkyl halides is 3. The van der Waals surface area contributed by atoms with E-state index < -0.39 is 17.3 Å².